The van der Waals surface area contributed by atoms with Gasteiger partial charge in [0.05, 0.1) is 38.9 Å². The molecule has 0 aliphatic heterocycles. The smallest absolute Gasteiger partial charge is 0.275 e. The van der Waals surface area contributed by atoms with Crippen molar-refractivity contribution in [2.24, 2.45) is 0 Å². The number of aromatic amines is 1. The molecule has 0 aliphatic carbocycles. The fraction of sp³-hybridized carbons (Fsp3) is 0. The van der Waals surface area contributed by atoms with Crippen LogP contribution in [0.2, 0.25) is 10.0 Å². The molecular formula is C24H16Br2Cl2N6O3. The van der Waals surface area contributed by atoms with Gasteiger partial charge in [0, 0.05) is 20.2 Å². The Kier molecular flexibility index (Phi) is 8.18. The third-order valence-corrected chi connectivity index (χ3v) is 7.52. The molecule has 0 aliphatic rings. The van der Waals surface area contributed by atoms with Gasteiger partial charge in [-0.25, -0.2) is 0 Å². The van der Waals surface area contributed by atoms with E-state index >= 15 is 0 Å². The van der Waals surface area contributed by atoms with Gasteiger partial charge in [0.1, 0.15) is 5.69 Å². The van der Waals surface area contributed by atoms with Crippen molar-refractivity contribution in [1.29, 1.82) is 0 Å². The molecule has 0 atom stereocenters. The molecule has 1 aromatic heterocycles. The van der Waals surface area contributed by atoms with Crippen LogP contribution in [-0.4, -0.2) is 27.9 Å². The van der Waals surface area contributed by atoms with Gasteiger partial charge < -0.3 is 21.7 Å². The van der Waals surface area contributed by atoms with E-state index in [4.69, 9.17) is 28.9 Å². The summed E-state index contributed by atoms with van der Waals surface area (Å²) >= 11 is 18.9. The number of rotatable bonds is 6. The van der Waals surface area contributed by atoms with Crippen LogP contribution in [0.1, 0.15) is 31.2 Å². The number of nitrogens with one attached hydrogen (secondary N) is 4. The van der Waals surface area contributed by atoms with Crippen molar-refractivity contribution in [1.82, 2.24) is 10.2 Å². The summed E-state index contributed by atoms with van der Waals surface area (Å²) < 4.78 is 1.50. The summed E-state index contributed by atoms with van der Waals surface area (Å²) in [5.74, 6) is -1.54. The zero-order valence-electron chi connectivity index (χ0n) is 18.5. The molecule has 0 bridgehead atoms. The van der Waals surface area contributed by atoms with Crippen LogP contribution in [0.15, 0.2) is 69.7 Å². The van der Waals surface area contributed by atoms with E-state index in [2.05, 4.69) is 58.0 Å². The van der Waals surface area contributed by atoms with Gasteiger partial charge in [-0.3, -0.25) is 19.5 Å². The van der Waals surface area contributed by atoms with E-state index in [9.17, 15) is 14.4 Å². The number of aromatic nitrogens is 2. The van der Waals surface area contributed by atoms with Crippen LogP contribution < -0.4 is 21.7 Å². The third kappa shape index (κ3) is 6.13. The van der Waals surface area contributed by atoms with Gasteiger partial charge in [0.25, 0.3) is 17.7 Å². The molecule has 4 aromatic rings. The summed E-state index contributed by atoms with van der Waals surface area (Å²) in [5, 5.41) is 14.7. The number of carbonyl (C=O) groups excluding carboxylic acids is 3. The van der Waals surface area contributed by atoms with Crippen LogP contribution in [0.3, 0.4) is 0 Å². The van der Waals surface area contributed by atoms with Crippen LogP contribution in [0.5, 0.6) is 0 Å². The number of carbonyl (C=O) groups is 3. The van der Waals surface area contributed by atoms with Crippen LogP contribution in [0.25, 0.3) is 0 Å². The number of halogens is 4. The Morgan fingerprint density at radius 2 is 1.43 bits per heavy atom. The maximum atomic E-state index is 12.8. The second-order valence-electron chi connectivity index (χ2n) is 7.55. The summed E-state index contributed by atoms with van der Waals surface area (Å²) in [5.41, 5.74) is 7.79. The number of H-pyrrole nitrogens is 1. The first-order valence-corrected chi connectivity index (χ1v) is 12.7. The molecule has 0 saturated carbocycles. The minimum absolute atomic E-state index is 0.00892. The second-order valence-corrected chi connectivity index (χ2v) is 10.1. The number of nitrogen functional groups attached to an aromatic ring is 1. The molecule has 0 unspecified atom stereocenters. The van der Waals surface area contributed by atoms with Crippen molar-refractivity contribution >= 4 is 95.5 Å². The fourth-order valence-electron chi connectivity index (χ4n) is 3.22. The standard InChI is InChI=1S/C24H16Br2Cl2N6O3/c25-13-8-17(29)18(9-14(13)26)32-22(35)11-4-6-12(7-5-11)31-24(37)21-19(10-30-34-21)33-23(36)20-15(27)2-1-3-16(20)28/h1-10H,29H2,(H,30,34)(H,31,37)(H,32,35)(H,33,36). The lowest BCUT2D eigenvalue weighted by Crippen LogP contribution is -2.18. The Bertz CT molecular complexity index is 1510. The van der Waals surface area contributed by atoms with Crippen LogP contribution >= 0.6 is 55.1 Å². The highest BCUT2D eigenvalue weighted by Crippen LogP contribution is 2.32. The lowest BCUT2D eigenvalue weighted by Gasteiger charge is -2.11. The number of anilines is 4. The van der Waals surface area contributed by atoms with E-state index in [1.54, 1.807) is 42.5 Å². The predicted octanol–water partition coefficient (Wildman–Crippen LogP) is 6.58. The number of nitrogens with zero attached hydrogens (tertiary/aromatic N) is 1. The summed E-state index contributed by atoms with van der Waals surface area (Å²) in [6, 6.07) is 14.2. The maximum Gasteiger partial charge on any atom is 0.275 e. The van der Waals surface area contributed by atoms with E-state index < -0.39 is 11.8 Å². The van der Waals surface area contributed by atoms with Gasteiger partial charge in [0.2, 0.25) is 0 Å². The molecule has 0 saturated heterocycles. The van der Waals surface area contributed by atoms with Crippen LogP contribution in [-0.2, 0) is 0 Å². The summed E-state index contributed by atoms with van der Waals surface area (Å²) in [6.07, 6.45) is 1.29. The average molecular weight is 667 g/mol. The summed E-state index contributed by atoms with van der Waals surface area (Å²) in [7, 11) is 0. The van der Waals surface area contributed by atoms with Gasteiger partial charge in [-0.1, -0.05) is 29.3 Å². The summed E-state index contributed by atoms with van der Waals surface area (Å²) in [6.45, 7) is 0. The van der Waals surface area contributed by atoms with Crippen molar-refractivity contribution in [2.45, 2.75) is 0 Å². The molecule has 1 heterocycles. The monoisotopic (exact) mass is 664 g/mol. The van der Waals surface area contributed by atoms with E-state index in [1.807, 2.05) is 0 Å². The Balaban J connectivity index is 1.43. The highest BCUT2D eigenvalue weighted by atomic mass is 79.9. The van der Waals surface area contributed by atoms with E-state index in [1.165, 1.54) is 18.3 Å². The molecule has 0 spiro atoms. The molecule has 3 amide bonds. The molecule has 13 heteroatoms. The van der Waals surface area contributed by atoms with Crippen molar-refractivity contribution in [2.75, 3.05) is 21.7 Å². The Hall–Kier alpha value is -3.38. The lowest BCUT2D eigenvalue weighted by molar-refractivity contribution is 0.101. The Labute approximate surface area is 237 Å². The van der Waals surface area contributed by atoms with Gasteiger partial charge in [-0.05, 0) is 80.4 Å². The Morgan fingerprint density at radius 1 is 0.811 bits per heavy atom. The SMILES string of the molecule is Nc1cc(Br)c(Br)cc1NC(=O)c1ccc(NC(=O)c2[nH]ncc2NC(=O)c2c(Cl)cccc2Cl)cc1. The largest absolute Gasteiger partial charge is 0.397 e. The highest BCUT2D eigenvalue weighted by molar-refractivity contribution is 9.13. The second kappa shape index (κ2) is 11.3. The maximum absolute atomic E-state index is 12.8. The average Bonchev–Trinajstić information content (AvgIpc) is 3.31. The van der Waals surface area contributed by atoms with Crippen LogP contribution in [0, 0.1) is 0 Å². The molecule has 0 radical (unpaired) electrons. The van der Waals surface area contributed by atoms with Gasteiger partial charge in [-0.2, -0.15) is 5.10 Å². The Morgan fingerprint density at radius 3 is 2.11 bits per heavy atom. The quantitative estimate of drug-likeness (QED) is 0.148. The number of amides is 3. The van der Waals surface area contributed by atoms with Crippen molar-refractivity contribution in [3.63, 3.8) is 0 Å². The van der Waals surface area contributed by atoms with Crippen molar-refractivity contribution in [3.8, 4) is 0 Å². The van der Waals surface area contributed by atoms with Crippen molar-refractivity contribution < 1.29 is 14.4 Å². The van der Waals surface area contributed by atoms with Gasteiger partial charge in [-0.15, -0.1) is 0 Å². The minimum atomic E-state index is -0.597. The zero-order valence-corrected chi connectivity index (χ0v) is 23.2. The topological polar surface area (TPSA) is 142 Å². The first kappa shape index (κ1) is 26.7. The number of hydrogen-bond acceptors (Lipinski definition) is 5. The number of nitrogens with two attached hydrogens (primary N) is 1. The first-order chi connectivity index (χ1) is 17.6. The molecule has 37 heavy (non-hydrogen) atoms. The molecule has 188 valence electrons. The van der Waals surface area contributed by atoms with Crippen molar-refractivity contribution in [3.05, 3.63) is 96.6 Å². The van der Waals surface area contributed by atoms with Gasteiger partial charge >= 0.3 is 0 Å². The van der Waals surface area contributed by atoms with Crippen LogP contribution in [0.4, 0.5) is 22.7 Å². The lowest BCUT2D eigenvalue weighted by atomic mass is 10.1. The molecular weight excluding hydrogens is 651 g/mol. The van der Waals surface area contributed by atoms with Gasteiger partial charge in [0.15, 0.2) is 0 Å². The zero-order chi connectivity index (χ0) is 26.7. The molecule has 0 fully saturated rings. The molecule has 4 rings (SSSR count). The molecule has 9 nitrogen and oxygen atoms in total. The predicted molar refractivity (Wildman–Crippen MR) is 152 cm³/mol. The number of hydrogen-bond donors (Lipinski definition) is 5. The fourth-order valence-corrected chi connectivity index (χ4v) is 4.49. The highest BCUT2D eigenvalue weighted by Gasteiger charge is 2.20. The summed E-state index contributed by atoms with van der Waals surface area (Å²) in [4.78, 5) is 38.1. The normalized spacial score (nSPS) is 10.6. The minimum Gasteiger partial charge on any atom is -0.397 e. The third-order valence-electron chi connectivity index (χ3n) is 5.05. The number of benzene rings is 3. The van der Waals surface area contributed by atoms with E-state index in [0.29, 0.717) is 22.6 Å². The first-order valence-electron chi connectivity index (χ1n) is 10.4. The molecule has 3 aromatic carbocycles. The van der Waals surface area contributed by atoms with E-state index in [-0.39, 0.29) is 32.9 Å². The van der Waals surface area contributed by atoms with E-state index in [0.717, 1.165) is 8.95 Å². The molecule has 6 N–H and O–H groups in total.